The van der Waals surface area contributed by atoms with Crippen molar-refractivity contribution in [3.8, 4) is 11.3 Å². The average molecular weight is 444 g/mol. The molecule has 0 bridgehead atoms. The van der Waals surface area contributed by atoms with Crippen molar-refractivity contribution in [3.63, 3.8) is 0 Å². The van der Waals surface area contributed by atoms with Crippen molar-refractivity contribution >= 4 is 34.7 Å². The number of hydrogen-bond acceptors (Lipinski definition) is 8. The third-order valence-corrected chi connectivity index (χ3v) is 5.96. The molecule has 1 fully saturated rings. The Morgan fingerprint density at radius 3 is 2.34 bits per heavy atom. The van der Waals surface area contributed by atoms with Crippen LogP contribution < -0.4 is 15.1 Å². The van der Waals surface area contributed by atoms with Crippen molar-refractivity contribution in [2.45, 2.75) is 0 Å². The van der Waals surface area contributed by atoms with Gasteiger partial charge in [0.25, 0.3) is 5.91 Å². The summed E-state index contributed by atoms with van der Waals surface area (Å²) in [6.07, 6.45) is 6.67. The quantitative estimate of drug-likeness (QED) is 0.504. The monoisotopic (exact) mass is 443 g/mol. The van der Waals surface area contributed by atoms with E-state index in [9.17, 15) is 4.79 Å². The summed E-state index contributed by atoms with van der Waals surface area (Å²) in [6, 6.07) is 11.6. The second kappa shape index (κ2) is 9.11. The molecule has 8 nitrogen and oxygen atoms in total. The summed E-state index contributed by atoms with van der Waals surface area (Å²) in [6.45, 7) is 3.33. The molecule has 1 saturated heterocycles. The van der Waals surface area contributed by atoms with Gasteiger partial charge in [0.05, 0.1) is 29.3 Å². The van der Waals surface area contributed by atoms with E-state index < -0.39 is 0 Å². The number of amides is 1. The smallest absolute Gasteiger partial charge is 0.257 e. The summed E-state index contributed by atoms with van der Waals surface area (Å²) >= 11 is 1.62. The van der Waals surface area contributed by atoms with E-state index in [1.807, 2.05) is 47.3 Å². The average Bonchev–Trinajstić information content (AvgIpc) is 3.40. The molecule has 0 saturated carbocycles. The predicted molar refractivity (Wildman–Crippen MR) is 126 cm³/mol. The first-order chi connectivity index (χ1) is 15.8. The van der Waals surface area contributed by atoms with Gasteiger partial charge in [0.2, 0.25) is 5.95 Å². The molecule has 0 radical (unpaired) electrons. The Morgan fingerprint density at radius 2 is 1.69 bits per heavy atom. The number of aromatic nitrogens is 4. The van der Waals surface area contributed by atoms with E-state index in [-0.39, 0.29) is 5.91 Å². The number of rotatable bonds is 5. The number of nitrogens with one attached hydrogen (secondary N) is 1. The normalized spacial score (nSPS) is 13.8. The molecule has 32 heavy (non-hydrogen) atoms. The Morgan fingerprint density at radius 1 is 0.875 bits per heavy atom. The maximum atomic E-state index is 12.5. The number of piperazine rings is 1. The maximum Gasteiger partial charge on any atom is 0.257 e. The highest BCUT2D eigenvalue weighted by Gasteiger charge is 2.20. The molecule has 1 aliphatic rings. The van der Waals surface area contributed by atoms with Crippen molar-refractivity contribution in [3.05, 3.63) is 77.5 Å². The zero-order valence-electron chi connectivity index (χ0n) is 17.3. The molecular weight excluding hydrogens is 422 g/mol. The lowest BCUT2D eigenvalue weighted by atomic mass is 10.2. The first-order valence-electron chi connectivity index (χ1n) is 10.3. The van der Waals surface area contributed by atoms with Gasteiger partial charge in [-0.2, -0.15) is 11.3 Å². The van der Waals surface area contributed by atoms with E-state index in [1.54, 1.807) is 36.0 Å². The Balaban J connectivity index is 1.18. The van der Waals surface area contributed by atoms with Crippen LogP contribution in [0.1, 0.15) is 10.4 Å². The van der Waals surface area contributed by atoms with Crippen LogP contribution in [-0.2, 0) is 0 Å². The summed E-state index contributed by atoms with van der Waals surface area (Å²) in [5.41, 5.74) is 2.93. The van der Waals surface area contributed by atoms with E-state index in [1.165, 1.54) is 0 Å². The number of carbonyl (C=O) groups excluding carboxylic acids is 1. The van der Waals surface area contributed by atoms with Crippen LogP contribution in [0.4, 0.5) is 17.5 Å². The largest absolute Gasteiger partial charge is 0.353 e. The fourth-order valence-corrected chi connectivity index (χ4v) is 4.19. The van der Waals surface area contributed by atoms with E-state index in [4.69, 9.17) is 0 Å². The van der Waals surface area contributed by atoms with E-state index in [0.29, 0.717) is 17.2 Å². The Kier molecular flexibility index (Phi) is 5.71. The van der Waals surface area contributed by atoms with Gasteiger partial charge in [0.15, 0.2) is 0 Å². The van der Waals surface area contributed by atoms with Crippen LogP contribution >= 0.6 is 11.3 Å². The molecule has 4 aromatic heterocycles. The van der Waals surface area contributed by atoms with Gasteiger partial charge in [0.1, 0.15) is 5.82 Å². The predicted octanol–water partition coefficient (Wildman–Crippen LogP) is 3.57. The van der Waals surface area contributed by atoms with Gasteiger partial charge in [-0.15, -0.1) is 0 Å². The Bertz CT molecular complexity index is 1160. The summed E-state index contributed by atoms with van der Waals surface area (Å²) in [4.78, 5) is 34.6. The molecule has 0 unspecified atom stereocenters. The summed E-state index contributed by atoms with van der Waals surface area (Å²) in [5, 5.41) is 6.86. The van der Waals surface area contributed by atoms with E-state index in [2.05, 4.69) is 35.1 Å². The maximum absolute atomic E-state index is 12.5. The molecule has 160 valence electrons. The second-order valence-corrected chi connectivity index (χ2v) is 8.11. The van der Waals surface area contributed by atoms with Crippen molar-refractivity contribution in [1.82, 2.24) is 19.9 Å². The van der Waals surface area contributed by atoms with Crippen molar-refractivity contribution in [1.29, 1.82) is 0 Å². The van der Waals surface area contributed by atoms with Gasteiger partial charge >= 0.3 is 0 Å². The summed E-state index contributed by atoms with van der Waals surface area (Å²) in [5.74, 6) is 1.41. The SMILES string of the molecule is O=C(Nc1cnc(N2CCN(c3ccccn3)CC2)nc1)c1ccc(-c2ccsc2)nc1. The Hall–Kier alpha value is -3.85. The fraction of sp³-hybridized carbons (Fsp3) is 0.174. The molecule has 4 aromatic rings. The first kappa shape index (κ1) is 20.1. The number of nitrogens with zero attached hydrogens (tertiary/aromatic N) is 6. The van der Waals surface area contributed by atoms with Crippen LogP contribution in [0.3, 0.4) is 0 Å². The van der Waals surface area contributed by atoms with E-state index >= 15 is 0 Å². The lowest BCUT2D eigenvalue weighted by molar-refractivity contribution is 0.102. The van der Waals surface area contributed by atoms with Gasteiger partial charge in [-0.3, -0.25) is 9.78 Å². The van der Waals surface area contributed by atoms with Crippen LogP contribution in [0.15, 0.2) is 71.9 Å². The molecule has 1 N–H and O–H groups in total. The molecule has 0 aromatic carbocycles. The van der Waals surface area contributed by atoms with Gasteiger partial charge in [-0.1, -0.05) is 6.07 Å². The fourth-order valence-electron chi connectivity index (χ4n) is 3.54. The molecule has 9 heteroatoms. The second-order valence-electron chi connectivity index (χ2n) is 7.33. The number of carbonyl (C=O) groups is 1. The van der Waals surface area contributed by atoms with Gasteiger partial charge in [-0.25, -0.2) is 15.0 Å². The number of anilines is 3. The van der Waals surface area contributed by atoms with Crippen LogP contribution in [0.2, 0.25) is 0 Å². The molecule has 0 atom stereocenters. The zero-order valence-corrected chi connectivity index (χ0v) is 18.1. The number of pyridine rings is 2. The van der Waals surface area contributed by atoms with Crippen molar-refractivity contribution in [2.24, 2.45) is 0 Å². The summed E-state index contributed by atoms with van der Waals surface area (Å²) < 4.78 is 0. The Labute approximate surface area is 189 Å². The molecule has 5 heterocycles. The minimum Gasteiger partial charge on any atom is -0.353 e. The van der Waals surface area contributed by atoms with Gasteiger partial charge < -0.3 is 15.1 Å². The summed E-state index contributed by atoms with van der Waals surface area (Å²) in [7, 11) is 0. The van der Waals surface area contributed by atoms with Crippen LogP contribution in [-0.4, -0.2) is 52.0 Å². The highest BCUT2D eigenvalue weighted by atomic mass is 32.1. The molecular formula is C23H21N7OS. The van der Waals surface area contributed by atoms with Crippen LogP contribution in [0.5, 0.6) is 0 Å². The van der Waals surface area contributed by atoms with Crippen LogP contribution in [0.25, 0.3) is 11.3 Å². The minimum atomic E-state index is -0.241. The minimum absolute atomic E-state index is 0.241. The number of hydrogen-bond donors (Lipinski definition) is 1. The zero-order chi connectivity index (χ0) is 21.8. The molecule has 0 aliphatic carbocycles. The molecule has 1 aliphatic heterocycles. The first-order valence-corrected chi connectivity index (χ1v) is 11.2. The lowest BCUT2D eigenvalue weighted by Gasteiger charge is -2.35. The lowest BCUT2D eigenvalue weighted by Crippen LogP contribution is -2.47. The molecule has 1 amide bonds. The van der Waals surface area contributed by atoms with Crippen molar-refractivity contribution < 1.29 is 4.79 Å². The standard InChI is InChI=1S/C23H21N7OS/c31-22(17-4-5-20(25-13-17)18-6-12-32-16-18)28-19-14-26-23(27-15-19)30-10-8-29(9-11-30)21-3-1-2-7-24-21/h1-7,12-16H,8-11H2,(H,28,31). The van der Waals surface area contributed by atoms with Crippen molar-refractivity contribution in [2.75, 3.05) is 41.3 Å². The highest BCUT2D eigenvalue weighted by Crippen LogP contribution is 2.20. The molecule has 5 rings (SSSR count). The molecule has 0 spiro atoms. The third kappa shape index (κ3) is 4.42. The topological polar surface area (TPSA) is 87.1 Å². The number of thiophene rings is 1. The van der Waals surface area contributed by atoms with E-state index in [0.717, 1.165) is 43.3 Å². The highest BCUT2D eigenvalue weighted by molar-refractivity contribution is 7.08. The third-order valence-electron chi connectivity index (χ3n) is 5.27. The van der Waals surface area contributed by atoms with Crippen LogP contribution in [0, 0.1) is 0 Å². The van der Waals surface area contributed by atoms with Gasteiger partial charge in [0, 0.05) is 49.5 Å². The van der Waals surface area contributed by atoms with Gasteiger partial charge in [-0.05, 0) is 35.7 Å².